The maximum Gasteiger partial charge on any atom is 0.258 e. The normalized spacial score (nSPS) is 18.7. The van der Waals surface area contributed by atoms with E-state index in [4.69, 9.17) is 14.0 Å². The van der Waals surface area contributed by atoms with Crippen LogP contribution in [0.15, 0.2) is 52.6 Å². The Balaban J connectivity index is 1.98. The van der Waals surface area contributed by atoms with Gasteiger partial charge in [0, 0.05) is 11.1 Å². The van der Waals surface area contributed by atoms with Crippen LogP contribution >= 0.6 is 0 Å². The van der Waals surface area contributed by atoms with Crippen molar-refractivity contribution in [2.45, 2.75) is 39.7 Å². The van der Waals surface area contributed by atoms with E-state index in [1.54, 1.807) is 0 Å². The Morgan fingerprint density at radius 2 is 2.04 bits per heavy atom. The molecule has 1 heterocycles. The molecule has 148 valence electrons. The van der Waals surface area contributed by atoms with E-state index < -0.39 is 6.10 Å². The first kappa shape index (κ1) is 19.9. The molecule has 0 amide bonds. The van der Waals surface area contributed by atoms with Crippen molar-refractivity contribution < 1.29 is 19.1 Å². The van der Waals surface area contributed by atoms with Gasteiger partial charge in [-0.3, -0.25) is 0 Å². The zero-order valence-corrected chi connectivity index (χ0v) is 16.6. The van der Waals surface area contributed by atoms with Gasteiger partial charge in [0.2, 0.25) is 5.82 Å². The molecule has 1 aromatic heterocycles. The van der Waals surface area contributed by atoms with Crippen LogP contribution in [0.1, 0.15) is 39.4 Å². The van der Waals surface area contributed by atoms with Crippen molar-refractivity contribution in [3.05, 3.63) is 53.9 Å². The second-order valence-corrected chi connectivity index (χ2v) is 6.42. The molecule has 28 heavy (non-hydrogen) atoms. The Morgan fingerprint density at radius 3 is 2.68 bits per heavy atom. The molecule has 1 N–H and O–H groups in total. The number of aromatic nitrogens is 2. The summed E-state index contributed by atoms with van der Waals surface area (Å²) in [6, 6.07) is 5.55. The van der Waals surface area contributed by atoms with Crippen LogP contribution < -0.4 is 9.47 Å². The van der Waals surface area contributed by atoms with Crippen LogP contribution in [0.2, 0.25) is 0 Å². The number of hydrogen-bond acceptors (Lipinski definition) is 6. The van der Waals surface area contributed by atoms with E-state index in [2.05, 4.69) is 16.7 Å². The van der Waals surface area contributed by atoms with Crippen LogP contribution in [-0.2, 0) is 0 Å². The van der Waals surface area contributed by atoms with Gasteiger partial charge < -0.3 is 19.1 Å². The number of aliphatic hydroxyl groups is 1. The van der Waals surface area contributed by atoms with E-state index in [1.807, 2.05) is 51.1 Å². The Bertz CT molecular complexity index is 911. The van der Waals surface area contributed by atoms with Crippen molar-refractivity contribution in [3.8, 4) is 23.0 Å². The first-order valence-corrected chi connectivity index (χ1v) is 9.56. The minimum Gasteiger partial charge on any atom is -0.490 e. The lowest BCUT2D eigenvalue weighted by Crippen LogP contribution is -2.01. The van der Waals surface area contributed by atoms with Crippen molar-refractivity contribution in [2.75, 3.05) is 13.2 Å². The molecule has 0 spiro atoms. The molecule has 0 saturated heterocycles. The summed E-state index contributed by atoms with van der Waals surface area (Å²) in [4.78, 5) is 4.57. The molecule has 1 atom stereocenters. The van der Waals surface area contributed by atoms with Crippen molar-refractivity contribution >= 4 is 5.57 Å². The standard InChI is InChI=1S/C22H26N2O4/c1-5-8-17(16-10-11-18(25)14(16)4)21-23-22(28-24-21)15-9-12-19(26-6-2)20(13-15)27-7-3/h5,8-9,12-13,18,25H,4,6-7,10-11H2,1-3H3/b8-5-,17-16+. The van der Waals surface area contributed by atoms with Gasteiger partial charge in [0.1, 0.15) is 0 Å². The monoisotopic (exact) mass is 382 g/mol. The van der Waals surface area contributed by atoms with Crippen molar-refractivity contribution in [2.24, 2.45) is 0 Å². The molecule has 1 saturated carbocycles. The quantitative estimate of drug-likeness (QED) is 0.755. The average Bonchev–Trinajstić information content (AvgIpc) is 3.30. The fraction of sp³-hybridized carbons (Fsp3) is 0.364. The zero-order valence-electron chi connectivity index (χ0n) is 16.6. The van der Waals surface area contributed by atoms with Crippen molar-refractivity contribution in [3.63, 3.8) is 0 Å². The third kappa shape index (κ3) is 4.02. The van der Waals surface area contributed by atoms with E-state index in [0.29, 0.717) is 42.8 Å². The summed E-state index contributed by atoms with van der Waals surface area (Å²) in [5.74, 6) is 2.19. The van der Waals surface area contributed by atoms with Crippen LogP contribution in [0, 0.1) is 0 Å². The molecular formula is C22H26N2O4. The lowest BCUT2D eigenvalue weighted by Gasteiger charge is -2.11. The van der Waals surface area contributed by atoms with Gasteiger partial charge in [0.15, 0.2) is 11.5 Å². The summed E-state index contributed by atoms with van der Waals surface area (Å²) in [7, 11) is 0. The molecule has 6 heteroatoms. The summed E-state index contributed by atoms with van der Waals surface area (Å²) in [5, 5.41) is 14.2. The molecule has 0 bridgehead atoms. The number of nitrogens with zero attached hydrogens (tertiary/aromatic N) is 2. The Morgan fingerprint density at radius 1 is 1.29 bits per heavy atom. The van der Waals surface area contributed by atoms with E-state index in [9.17, 15) is 5.11 Å². The molecule has 1 unspecified atom stereocenters. The van der Waals surface area contributed by atoms with Gasteiger partial charge in [-0.25, -0.2) is 0 Å². The van der Waals surface area contributed by atoms with Gasteiger partial charge in [-0.1, -0.05) is 23.9 Å². The molecule has 6 nitrogen and oxygen atoms in total. The Kier molecular flexibility index (Phi) is 6.31. The van der Waals surface area contributed by atoms with Gasteiger partial charge in [-0.05, 0) is 63.0 Å². The lowest BCUT2D eigenvalue weighted by atomic mass is 10.0. The second-order valence-electron chi connectivity index (χ2n) is 6.42. The molecule has 2 aromatic rings. The summed E-state index contributed by atoms with van der Waals surface area (Å²) < 4.78 is 16.8. The van der Waals surface area contributed by atoms with Crippen LogP contribution in [0.3, 0.4) is 0 Å². The number of aliphatic hydroxyl groups excluding tert-OH is 1. The highest BCUT2D eigenvalue weighted by atomic mass is 16.5. The predicted octanol–water partition coefficient (Wildman–Crippen LogP) is 4.57. The van der Waals surface area contributed by atoms with Gasteiger partial charge in [0.25, 0.3) is 5.89 Å². The summed E-state index contributed by atoms with van der Waals surface area (Å²) in [6.45, 7) is 10.9. The second kappa shape index (κ2) is 8.89. The first-order valence-electron chi connectivity index (χ1n) is 9.56. The molecule has 0 aliphatic heterocycles. The van der Waals surface area contributed by atoms with Crippen molar-refractivity contribution in [1.29, 1.82) is 0 Å². The molecule has 3 rings (SSSR count). The Hall–Kier alpha value is -2.86. The average molecular weight is 382 g/mol. The van der Waals surface area contributed by atoms with E-state index in [0.717, 1.165) is 28.7 Å². The van der Waals surface area contributed by atoms with E-state index in [1.165, 1.54) is 0 Å². The van der Waals surface area contributed by atoms with Gasteiger partial charge in [-0.15, -0.1) is 0 Å². The summed E-state index contributed by atoms with van der Waals surface area (Å²) >= 11 is 0. The predicted molar refractivity (Wildman–Crippen MR) is 108 cm³/mol. The van der Waals surface area contributed by atoms with Crippen LogP contribution in [0.5, 0.6) is 11.5 Å². The fourth-order valence-electron chi connectivity index (χ4n) is 3.24. The van der Waals surface area contributed by atoms with Crippen LogP contribution in [-0.4, -0.2) is 34.6 Å². The topological polar surface area (TPSA) is 77.6 Å². The maximum atomic E-state index is 10.0. The third-order valence-electron chi connectivity index (χ3n) is 4.57. The van der Waals surface area contributed by atoms with Gasteiger partial charge >= 0.3 is 0 Å². The molecule has 1 fully saturated rings. The minimum atomic E-state index is -0.513. The van der Waals surface area contributed by atoms with Crippen molar-refractivity contribution in [1.82, 2.24) is 10.1 Å². The number of ether oxygens (including phenoxy) is 2. The molecule has 1 aliphatic carbocycles. The summed E-state index contributed by atoms with van der Waals surface area (Å²) in [6.07, 6.45) is 4.73. The highest BCUT2D eigenvalue weighted by Gasteiger charge is 2.26. The molecule has 1 aliphatic rings. The highest BCUT2D eigenvalue weighted by Crippen LogP contribution is 2.37. The Labute approximate surface area is 165 Å². The van der Waals surface area contributed by atoms with Crippen LogP contribution in [0.25, 0.3) is 17.0 Å². The largest absolute Gasteiger partial charge is 0.490 e. The number of hydrogen-bond donors (Lipinski definition) is 1. The first-order chi connectivity index (χ1) is 13.6. The highest BCUT2D eigenvalue weighted by molar-refractivity contribution is 5.77. The summed E-state index contributed by atoms with van der Waals surface area (Å²) in [5.41, 5.74) is 3.27. The molecule has 1 aromatic carbocycles. The molecular weight excluding hydrogens is 356 g/mol. The SMILES string of the molecule is C=C1/C(=C(\C=C/C)c2noc(-c3ccc(OCC)c(OCC)c3)n2)CCC1O. The van der Waals surface area contributed by atoms with E-state index >= 15 is 0 Å². The minimum absolute atomic E-state index is 0.394. The van der Waals surface area contributed by atoms with E-state index in [-0.39, 0.29) is 0 Å². The zero-order chi connectivity index (χ0) is 20.1. The fourth-order valence-corrected chi connectivity index (χ4v) is 3.24. The smallest absolute Gasteiger partial charge is 0.258 e. The number of rotatable bonds is 7. The van der Waals surface area contributed by atoms with Gasteiger partial charge in [-0.2, -0.15) is 4.98 Å². The van der Waals surface area contributed by atoms with Gasteiger partial charge in [0.05, 0.1) is 19.3 Å². The molecule has 0 radical (unpaired) electrons. The number of benzene rings is 1. The third-order valence-corrected chi connectivity index (χ3v) is 4.57. The number of allylic oxidation sites excluding steroid dienone is 3. The lowest BCUT2D eigenvalue weighted by molar-refractivity contribution is 0.219. The maximum absolute atomic E-state index is 10.0. The van der Waals surface area contributed by atoms with Crippen LogP contribution in [0.4, 0.5) is 0 Å².